The van der Waals surface area contributed by atoms with E-state index in [0.29, 0.717) is 29.4 Å². The van der Waals surface area contributed by atoms with Crippen LogP contribution in [0.5, 0.6) is 11.5 Å². The number of carbonyl (C=O) groups excluding carboxylic acids is 3. The number of rotatable bonds is 8. The Kier molecular flexibility index (Phi) is 7.92. The van der Waals surface area contributed by atoms with Gasteiger partial charge in [-0.2, -0.15) is 0 Å². The van der Waals surface area contributed by atoms with Crippen LogP contribution in [0.4, 0.5) is 10.5 Å². The zero-order chi connectivity index (χ0) is 27.4. The zero-order valence-electron chi connectivity index (χ0n) is 20.5. The fourth-order valence-corrected chi connectivity index (χ4v) is 3.98. The molecule has 1 aliphatic rings. The highest BCUT2D eigenvalue weighted by molar-refractivity contribution is 9.10. The van der Waals surface area contributed by atoms with Crippen molar-refractivity contribution in [1.29, 1.82) is 0 Å². The molecular weight excluding hydrogens is 556 g/mol. The standard InChI is InChI=1S/C28H23BrN2O7/c1-3-37-24-14-18(6-11-23(24)38-15-17-4-7-19(8-5-17)27(34)35)13-21-25(32)30-28(36)31(26(21)33)20-9-10-22(29)16(2)12-20/h4-14H,3,15H2,1-2H3,(H,34,35)(H,30,32,36)/b21-13+. The largest absolute Gasteiger partial charge is 0.490 e. The summed E-state index contributed by atoms with van der Waals surface area (Å²) < 4.78 is 12.4. The number of hydrogen-bond donors (Lipinski definition) is 2. The molecule has 1 aliphatic heterocycles. The first-order chi connectivity index (χ1) is 18.2. The summed E-state index contributed by atoms with van der Waals surface area (Å²) in [6.07, 6.45) is 1.39. The smallest absolute Gasteiger partial charge is 0.335 e. The van der Waals surface area contributed by atoms with Gasteiger partial charge in [0.05, 0.1) is 17.9 Å². The van der Waals surface area contributed by atoms with E-state index in [4.69, 9.17) is 14.6 Å². The monoisotopic (exact) mass is 578 g/mol. The third-order valence-corrected chi connectivity index (χ3v) is 6.56. The van der Waals surface area contributed by atoms with Gasteiger partial charge in [0, 0.05) is 4.47 Å². The van der Waals surface area contributed by atoms with Gasteiger partial charge in [-0.05, 0) is 79.1 Å². The molecule has 4 amide bonds. The SMILES string of the molecule is CCOc1cc(/C=C2\C(=O)NC(=O)N(c3ccc(Br)c(C)c3)C2=O)ccc1OCc1ccc(C(=O)O)cc1. The van der Waals surface area contributed by atoms with Gasteiger partial charge in [0.25, 0.3) is 11.8 Å². The third kappa shape index (κ3) is 5.76. The Hall–Kier alpha value is -4.44. The number of carboxylic acids is 1. The molecule has 0 radical (unpaired) electrons. The second kappa shape index (κ2) is 11.3. The minimum absolute atomic E-state index is 0.172. The van der Waals surface area contributed by atoms with Gasteiger partial charge in [0.1, 0.15) is 12.2 Å². The van der Waals surface area contributed by atoms with Crippen molar-refractivity contribution >= 4 is 51.5 Å². The Morgan fingerprint density at radius 2 is 1.74 bits per heavy atom. The summed E-state index contributed by atoms with van der Waals surface area (Å²) >= 11 is 3.39. The van der Waals surface area contributed by atoms with E-state index in [0.717, 1.165) is 20.5 Å². The molecule has 0 unspecified atom stereocenters. The number of anilines is 1. The quantitative estimate of drug-likeness (QED) is 0.281. The number of urea groups is 1. The maximum Gasteiger partial charge on any atom is 0.335 e. The average molecular weight is 579 g/mol. The predicted octanol–water partition coefficient (Wildman–Crippen LogP) is 5.10. The summed E-state index contributed by atoms with van der Waals surface area (Å²) in [5.74, 6) is -1.73. The lowest BCUT2D eigenvalue weighted by Gasteiger charge is -2.26. The number of carboxylic acid groups (broad SMARTS) is 1. The molecular formula is C28H23BrN2O7. The first kappa shape index (κ1) is 26.6. The number of hydrogen-bond acceptors (Lipinski definition) is 6. The van der Waals surface area contributed by atoms with Crippen LogP contribution in [0.25, 0.3) is 6.08 Å². The molecule has 1 heterocycles. The van der Waals surface area contributed by atoms with E-state index in [-0.39, 0.29) is 17.7 Å². The zero-order valence-corrected chi connectivity index (χ0v) is 22.1. The van der Waals surface area contributed by atoms with Gasteiger partial charge in [-0.3, -0.25) is 14.9 Å². The van der Waals surface area contributed by atoms with Crippen molar-refractivity contribution in [2.75, 3.05) is 11.5 Å². The highest BCUT2D eigenvalue weighted by Gasteiger charge is 2.37. The van der Waals surface area contributed by atoms with Gasteiger partial charge in [0.2, 0.25) is 0 Å². The van der Waals surface area contributed by atoms with Gasteiger partial charge >= 0.3 is 12.0 Å². The number of aromatic carboxylic acids is 1. The maximum absolute atomic E-state index is 13.2. The van der Waals surface area contributed by atoms with Crippen molar-refractivity contribution < 1.29 is 33.8 Å². The maximum atomic E-state index is 13.2. The fraction of sp³-hybridized carbons (Fsp3) is 0.143. The van der Waals surface area contributed by atoms with Crippen LogP contribution < -0.4 is 19.7 Å². The predicted molar refractivity (Wildman–Crippen MR) is 143 cm³/mol. The number of nitrogens with one attached hydrogen (secondary N) is 1. The van der Waals surface area contributed by atoms with E-state index in [1.165, 1.54) is 18.2 Å². The molecule has 3 aromatic rings. The average Bonchev–Trinajstić information content (AvgIpc) is 2.88. The number of aryl methyl sites for hydroxylation is 1. The van der Waals surface area contributed by atoms with Gasteiger partial charge < -0.3 is 14.6 Å². The Morgan fingerprint density at radius 1 is 1.00 bits per heavy atom. The molecule has 0 atom stereocenters. The highest BCUT2D eigenvalue weighted by atomic mass is 79.9. The Labute approximate surface area is 226 Å². The van der Waals surface area contributed by atoms with Gasteiger partial charge in [0.15, 0.2) is 11.5 Å². The molecule has 1 saturated heterocycles. The summed E-state index contributed by atoms with van der Waals surface area (Å²) in [4.78, 5) is 50.3. The number of ether oxygens (including phenoxy) is 2. The van der Waals surface area contributed by atoms with Crippen molar-refractivity contribution in [3.63, 3.8) is 0 Å². The molecule has 38 heavy (non-hydrogen) atoms. The Morgan fingerprint density at radius 3 is 2.39 bits per heavy atom. The summed E-state index contributed by atoms with van der Waals surface area (Å²) in [6.45, 7) is 4.15. The molecule has 0 aliphatic carbocycles. The Balaban J connectivity index is 1.59. The van der Waals surface area contributed by atoms with E-state index in [1.54, 1.807) is 55.5 Å². The van der Waals surface area contributed by atoms with Crippen molar-refractivity contribution in [2.45, 2.75) is 20.5 Å². The van der Waals surface area contributed by atoms with Crippen LogP contribution >= 0.6 is 15.9 Å². The second-order valence-electron chi connectivity index (χ2n) is 8.32. The fourth-order valence-electron chi connectivity index (χ4n) is 3.73. The number of carbonyl (C=O) groups is 4. The van der Waals surface area contributed by atoms with E-state index < -0.39 is 23.8 Å². The lowest BCUT2D eigenvalue weighted by atomic mass is 10.1. The lowest BCUT2D eigenvalue weighted by Crippen LogP contribution is -2.54. The molecule has 194 valence electrons. The topological polar surface area (TPSA) is 122 Å². The number of imide groups is 2. The first-order valence-electron chi connectivity index (χ1n) is 11.6. The second-order valence-corrected chi connectivity index (χ2v) is 9.18. The van der Waals surface area contributed by atoms with E-state index >= 15 is 0 Å². The molecule has 2 N–H and O–H groups in total. The first-order valence-corrected chi connectivity index (χ1v) is 12.4. The van der Waals surface area contributed by atoms with Crippen LogP contribution in [0.3, 0.4) is 0 Å². The number of barbiturate groups is 1. The van der Waals surface area contributed by atoms with Crippen molar-refractivity contribution in [3.8, 4) is 11.5 Å². The molecule has 4 rings (SSSR count). The minimum atomic E-state index is -1.01. The van der Waals surface area contributed by atoms with Crippen LogP contribution in [-0.2, 0) is 16.2 Å². The van der Waals surface area contributed by atoms with E-state index in [1.807, 2.05) is 6.92 Å². The molecule has 0 bridgehead atoms. The van der Waals surface area contributed by atoms with Crippen LogP contribution in [0.1, 0.15) is 34.0 Å². The van der Waals surface area contributed by atoms with Gasteiger partial charge in [-0.1, -0.05) is 34.1 Å². The van der Waals surface area contributed by atoms with Gasteiger partial charge in [-0.15, -0.1) is 0 Å². The third-order valence-electron chi connectivity index (χ3n) is 5.68. The summed E-state index contributed by atoms with van der Waals surface area (Å²) in [7, 11) is 0. The van der Waals surface area contributed by atoms with E-state index in [9.17, 15) is 19.2 Å². The summed E-state index contributed by atoms with van der Waals surface area (Å²) in [6, 6.07) is 15.4. The molecule has 9 nitrogen and oxygen atoms in total. The summed E-state index contributed by atoms with van der Waals surface area (Å²) in [5.41, 5.74) is 2.38. The van der Waals surface area contributed by atoms with Gasteiger partial charge in [-0.25, -0.2) is 14.5 Å². The van der Waals surface area contributed by atoms with Crippen LogP contribution in [0.15, 0.2) is 70.7 Å². The molecule has 3 aromatic carbocycles. The molecule has 10 heteroatoms. The van der Waals surface area contributed by atoms with Crippen molar-refractivity contribution in [3.05, 3.63) is 93.0 Å². The molecule has 0 spiro atoms. The van der Waals surface area contributed by atoms with Crippen molar-refractivity contribution in [2.24, 2.45) is 0 Å². The number of halogens is 1. The normalized spacial score (nSPS) is 14.4. The Bertz CT molecular complexity index is 1460. The van der Waals surface area contributed by atoms with Crippen LogP contribution in [0.2, 0.25) is 0 Å². The minimum Gasteiger partial charge on any atom is -0.490 e. The van der Waals surface area contributed by atoms with Crippen molar-refractivity contribution in [1.82, 2.24) is 5.32 Å². The highest BCUT2D eigenvalue weighted by Crippen LogP contribution is 2.31. The summed E-state index contributed by atoms with van der Waals surface area (Å²) in [5, 5.41) is 11.3. The molecule has 0 aromatic heterocycles. The number of amides is 4. The number of benzene rings is 3. The lowest BCUT2D eigenvalue weighted by molar-refractivity contribution is -0.122. The van der Waals surface area contributed by atoms with Crippen LogP contribution in [0, 0.1) is 6.92 Å². The van der Waals surface area contributed by atoms with Crippen LogP contribution in [-0.4, -0.2) is 35.5 Å². The van der Waals surface area contributed by atoms with E-state index in [2.05, 4.69) is 21.2 Å². The number of nitrogens with zero attached hydrogens (tertiary/aromatic N) is 1. The molecule has 0 saturated carbocycles. The molecule has 1 fully saturated rings.